The molecule has 0 spiro atoms. The fourth-order valence-corrected chi connectivity index (χ4v) is 3.25. The van der Waals surface area contributed by atoms with Crippen LogP contribution < -0.4 is 10.1 Å². The first kappa shape index (κ1) is 19.7. The minimum atomic E-state index is -0.482. The molecule has 0 bridgehead atoms. The number of anilines is 1. The molecule has 0 atom stereocenters. The fraction of sp³-hybridized carbons (Fsp3) is 0.100. The van der Waals surface area contributed by atoms with Crippen LogP contribution in [0.2, 0.25) is 15.1 Å². The monoisotopic (exact) mass is 427 g/mol. The topological polar surface area (TPSA) is 21.3 Å². The summed E-state index contributed by atoms with van der Waals surface area (Å²) in [5.41, 5.74) is 1.86. The Labute approximate surface area is 170 Å². The maximum atomic E-state index is 13.7. The standard InChI is InChI=1S/C20H14Cl3F2NO/c21-15-9-14(5-6-19(15)25)26-10-12-7-16(22)20(17(23)8-12)27-11-13-3-1-2-4-18(13)24/h1-9,26H,10-11H2. The van der Waals surface area contributed by atoms with Crippen molar-refractivity contribution in [2.75, 3.05) is 5.32 Å². The fourth-order valence-electron chi connectivity index (χ4n) is 2.43. The second-order valence-corrected chi connectivity index (χ2v) is 6.97. The lowest BCUT2D eigenvalue weighted by atomic mass is 10.2. The first-order valence-electron chi connectivity index (χ1n) is 7.97. The number of ether oxygens (including phenoxy) is 1. The molecule has 0 aromatic heterocycles. The smallest absolute Gasteiger partial charge is 0.156 e. The van der Waals surface area contributed by atoms with Gasteiger partial charge in [-0.05, 0) is 42.0 Å². The van der Waals surface area contributed by atoms with Crippen LogP contribution in [0.5, 0.6) is 5.75 Å². The van der Waals surface area contributed by atoms with E-state index in [9.17, 15) is 8.78 Å². The Morgan fingerprint density at radius 1 is 0.815 bits per heavy atom. The highest BCUT2D eigenvalue weighted by atomic mass is 35.5. The van der Waals surface area contributed by atoms with Gasteiger partial charge in [-0.3, -0.25) is 0 Å². The highest BCUT2D eigenvalue weighted by Gasteiger charge is 2.12. The SMILES string of the molecule is Fc1ccc(NCc2cc(Cl)c(OCc3ccccc3F)c(Cl)c2)cc1Cl. The van der Waals surface area contributed by atoms with E-state index in [1.165, 1.54) is 18.2 Å². The third-order valence-electron chi connectivity index (χ3n) is 3.80. The average Bonchev–Trinajstić information content (AvgIpc) is 2.63. The summed E-state index contributed by atoms with van der Waals surface area (Å²) in [6, 6.07) is 14.1. The Hall–Kier alpha value is -2.01. The number of hydrogen-bond acceptors (Lipinski definition) is 2. The minimum absolute atomic E-state index is 0.0117. The van der Waals surface area contributed by atoms with Gasteiger partial charge in [-0.2, -0.15) is 0 Å². The molecule has 140 valence electrons. The lowest BCUT2D eigenvalue weighted by Crippen LogP contribution is -2.02. The van der Waals surface area contributed by atoms with Crippen molar-refractivity contribution < 1.29 is 13.5 Å². The van der Waals surface area contributed by atoms with Gasteiger partial charge in [0.15, 0.2) is 5.75 Å². The van der Waals surface area contributed by atoms with Crippen molar-refractivity contribution >= 4 is 40.5 Å². The predicted molar refractivity (Wildman–Crippen MR) is 106 cm³/mol. The molecular weight excluding hydrogens is 415 g/mol. The van der Waals surface area contributed by atoms with Crippen LogP contribution in [0.4, 0.5) is 14.5 Å². The number of benzene rings is 3. The number of halogens is 5. The third-order valence-corrected chi connectivity index (χ3v) is 4.66. The van der Waals surface area contributed by atoms with Gasteiger partial charge < -0.3 is 10.1 Å². The molecule has 0 aliphatic heterocycles. The summed E-state index contributed by atoms with van der Waals surface area (Å²) in [5.74, 6) is -0.552. The molecule has 3 aromatic rings. The van der Waals surface area contributed by atoms with Crippen LogP contribution in [-0.2, 0) is 13.2 Å². The van der Waals surface area contributed by atoms with Gasteiger partial charge in [0.1, 0.15) is 18.2 Å². The zero-order valence-corrected chi connectivity index (χ0v) is 16.2. The quantitative estimate of drug-likeness (QED) is 0.451. The van der Waals surface area contributed by atoms with Crippen molar-refractivity contribution in [3.63, 3.8) is 0 Å². The van der Waals surface area contributed by atoms with Crippen LogP contribution in [0.15, 0.2) is 54.6 Å². The molecule has 0 radical (unpaired) electrons. The van der Waals surface area contributed by atoms with Crippen molar-refractivity contribution in [2.24, 2.45) is 0 Å². The second-order valence-electron chi connectivity index (χ2n) is 5.75. The largest absolute Gasteiger partial charge is 0.486 e. The summed E-state index contributed by atoms with van der Waals surface area (Å²) >= 11 is 18.3. The van der Waals surface area contributed by atoms with Crippen molar-refractivity contribution in [3.05, 3.63) is 92.4 Å². The van der Waals surface area contributed by atoms with Gasteiger partial charge in [0.2, 0.25) is 0 Å². The lowest BCUT2D eigenvalue weighted by molar-refractivity contribution is 0.300. The molecule has 0 saturated heterocycles. The molecule has 7 heteroatoms. The van der Waals surface area contributed by atoms with E-state index in [1.54, 1.807) is 36.4 Å². The maximum Gasteiger partial charge on any atom is 0.156 e. The van der Waals surface area contributed by atoms with Gasteiger partial charge in [0.05, 0.1) is 15.1 Å². The molecule has 0 heterocycles. The predicted octanol–water partition coefficient (Wildman–Crippen LogP) is 7.12. The second kappa shape index (κ2) is 8.79. The molecule has 27 heavy (non-hydrogen) atoms. The zero-order valence-electron chi connectivity index (χ0n) is 13.9. The molecule has 1 N–H and O–H groups in total. The number of rotatable bonds is 6. The summed E-state index contributed by atoms with van der Waals surface area (Å²) in [4.78, 5) is 0. The Morgan fingerprint density at radius 3 is 2.19 bits per heavy atom. The van der Waals surface area contributed by atoms with Gasteiger partial charge in [0, 0.05) is 17.8 Å². The van der Waals surface area contributed by atoms with Crippen LogP contribution in [0, 0.1) is 11.6 Å². The van der Waals surface area contributed by atoms with Crippen molar-refractivity contribution in [3.8, 4) is 5.75 Å². The van der Waals surface area contributed by atoms with Gasteiger partial charge in [0.25, 0.3) is 0 Å². The van der Waals surface area contributed by atoms with E-state index in [1.807, 2.05) is 0 Å². The van der Waals surface area contributed by atoms with Crippen molar-refractivity contribution in [1.82, 2.24) is 0 Å². The summed E-state index contributed by atoms with van der Waals surface area (Å²) in [6.07, 6.45) is 0. The van der Waals surface area contributed by atoms with Crippen molar-refractivity contribution in [1.29, 1.82) is 0 Å². The van der Waals surface area contributed by atoms with Crippen LogP contribution in [-0.4, -0.2) is 0 Å². The van der Waals surface area contributed by atoms with Gasteiger partial charge in [-0.1, -0.05) is 53.0 Å². The minimum Gasteiger partial charge on any atom is -0.486 e. The molecule has 0 aliphatic carbocycles. The molecule has 0 amide bonds. The average molecular weight is 429 g/mol. The Morgan fingerprint density at radius 2 is 1.52 bits per heavy atom. The molecule has 0 fully saturated rings. The van der Waals surface area contributed by atoms with Gasteiger partial charge in [-0.15, -0.1) is 0 Å². The van der Waals surface area contributed by atoms with E-state index in [0.29, 0.717) is 27.8 Å². The van der Waals surface area contributed by atoms with Crippen LogP contribution in [0.1, 0.15) is 11.1 Å². The summed E-state index contributed by atoms with van der Waals surface area (Å²) in [7, 11) is 0. The molecule has 0 unspecified atom stereocenters. The van der Waals surface area contributed by atoms with E-state index < -0.39 is 5.82 Å². The highest BCUT2D eigenvalue weighted by molar-refractivity contribution is 6.37. The Balaban J connectivity index is 1.68. The first-order chi connectivity index (χ1) is 12.9. The third kappa shape index (κ3) is 5.04. The van der Waals surface area contributed by atoms with E-state index in [2.05, 4.69) is 5.32 Å². The zero-order chi connectivity index (χ0) is 19.4. The Kier molecular flexibility index (Phi) is 6.42. The summed E-state index contributed by atoms with van der Waals surface area (Å²) in [6.45, 7) is 0.410. The number of nitrogens with one attached hydrogen (secondary N) is 1. The van der Waals surface area contributed by atoms with Crippen LogP contribution in [0.25, 0.3) is 0 Å². The number of hydrogen-bond donors (Lipinski definition) is 1. The normalized spacial score (nSPS) is 10.7. The van der Waals surface area contributed by atoms with Crippen molar-refractivity contribution in [2.45, 2.75) is 13.2 Å². The van der Waals surface area contributed by atoms with E-state index in [0.717, 1.165) is 5.56 Å². The van der Waals surface area contributed by atoms with E-state index in [-0.39, 0.29) is 23.2 Å². The maximum absolute atomic E-state index is 13.7. The van der Waals surface area contributed by atoms with Crippen LogP contribution in [0.3, 0.4) is 0 Å². The van der Waals surface area contributed by atoms with Crippen LogP contribution >= 0.6 is 34.8 Å². The van der Waals surface area contributed by atoms with Gasteiger partial charge in [-0.25, -0.2) is 8.78 Å². The molecule has 2 nitrogen and oxygen atoms in total. The summed E-state index contributed by atoms with van der Waals surface area (Å²) < 4.78 is 32.5. The lowest BCUT2D eigenvalue weighted by Gasteiger charge is -2.13. The summed E-state index contributed by atoms with van der Waals surface area (Å²) in [5, 5.41) is 3.77. The molecule has 0 aliphatic rings. The Bertz CT molecular complexity index is 943. The first-order valence-corrected chi connectivity index (χ1v) is 9.10. The molecule has 0 saturated carbocycles. The highest BCUT2D eigenvalue weighted by Crippen LogP contribution is 2.35. The molecular formula is C20H14Cl3F2NO. The molecule has 3 aromatic carbocycles. The molecule has 3 rings (SSSR count). The van der Waals surface area contributed by atoms with Gasteiger partial charge >= 0.3 is 0 Å². The van der Waals surface area contributed by atoms with E-state index >= 15 is 0 Å². The van der Waals surface area contributed by atoms with E-state index in [4.69, 9.17) is 39.5 Å².